The number of nitriles is 3. The van der Waals surface area contributed by atoms with Gasteiger partial charge in [-0.3, -0.25) is 9.13 Å². The lowest BCUT2D eigenvalue weighted by molar-refractivity contribution is 1.01. The Labute approximate surface area is 322 Å². The van der Waals surface area contributed by atoms with Crippen LogP contribution in [0.2, 0.25) is 0 Å². The van der Waals surface area contributed by atoms with Crippen molar-refractivity contribution in [1.82, 2.24) is 14.1 Å². The van der Waals surface area contributed by atoms with E-state index in [1.807, 2.05) is 72.8 Å². The molecule has 0 N–H and O–H groups in total. The van der Waals surface area contributed by atoms with Crippen LogP contribution in [0.25, 0.3) is 88.6 Å². The van der Waals surface area contributed by atoms with Crippen molar-refractivity contribution in [2.45, 2.75) is 0 Å². The molecule has 0 saturated heterocycles. The predicted octanol–water partition coefficient (Wildman–Crippen LogP) is 11.9. The van der Waals surface area contributed by atoms with Crippen LogP contribution < -0.4 is 0 Å². The molecule has 258 valence electrons. The maximum Gasteiger partial charge on any atom is 0.140 e. The Morgan fingerprint density at radius 2 is 0.768 bits per heavy atom. The molecule has 0 aliphatic heterocycles. The minimum Gasteiger partial charge on any atom is -0.294 e. The Balaban J connectivity index is 1.30. The van der Waals surface area contributed by atoms with Gasteiger partial charge in [0.05, 0.1) is 57.0 Å². The van der Waals surface area contributed by atoms with Crippen molar-refractivity contribution in [3.8, 4) is 63.2 Å². The van der Waals surface area contributed by atoms with Crippen molar-refractivity contribution in [2.24, 2.45) is 0 Å². The Hall–Kier alpha value is -8.24. The van der Waals surface area contributed by atoms with Gasteiger partial charge in [-0.2, -0.15) is 15.8 Å². The summed E-state index contributed by atoms with van der Waals surface area (Å²) in [6, 6.07) is 63.8. The Bertz CT molecular complexity index is 3240. The molecule has 0 saturated carbocycles. The van der Waals surface area contributed by atoms with E-state index in [-0.39, 0.29) is 0 Å². The number of benzene rings is 7. The van der Waals surface area contributed by atoms with Crippen molar-refractivity contribution >= 4 is 43.6 Å². The fourth-order valence-electron chi connectivity index (χ4n) is 8.16. The SMILES string of the molecule is N#Cc1cccc(-c2ccccc2-c2ccccc2-c2cc(-n3c4ccccc4c4ccccc43)nc(-n3c4ccc(C#N)cc4c4cc(C#N)ccc43)c2)c1. The average Bonchev–Trinajstić information content (AvgIpc) is 3.78. The summed E-state index contributed by atoms with van der Waals surface area (Å²) < 4.78 is 4.37. The zero-order chi connectivity index (χ0) is 37.8. The summed E-state index contributed by atoms with van der Waals surface area (Å²) in [6.07, 6.45) is 0. The third kappa shape index (κ3) is 5.12. The van der Waals surface area contributed by atoms with Gasteiger partial charge in [0.25, 0.3) is 0 Å². The van der Waals surface area contributed by atoms with Crippen LogP contribution in [0, 0.1) is 34.0 Å². The third-order valence-corrected chi connectivity index (χ3v) is 10.6. The Morgan fingerprint density at radius 3 is 1.29 bits per heavy atom. The lowest BCUT2D eigenvalue weighted by Gasteiger charge is -2.18. The number of para-hydroxylation sites is 2. The van der Waals surface area contributed by atoms with Gasteiger partial charge in [-0.25, -0.2) is 4.98 Å². The van der Waals surface area contributed by atoms with E-state index in [4.69, 9.17) is 4.98 Å². The molecule has 6 nitrogen and oxygen atoms in total. The Morgan fingerprint density at radius 1 is 0.339 bits per heavy atom. The van der Waals surface area contributed by atoms with Gasteiger partial charge in [0.2, 0.25) is 0 Å². The average molecular weight is 713 g/mol. The zero-order valence-electron chi connectivity index (χ0n) is 29.8. The topological polar surface area (TPSA) is 94.1 Å². The van der Waals surface area contributed by atoms with E-state index in [1.54, 1.807) is 0 Å². The molecule has 0 aliphatic carbocycles. The number of fused-ring (bicyclic) bond motifs is 6. The van der Waals surface area contributed by atoms with Gasteiger partial charge < -0.3 is 0 Å². The van der Waals surface area contributed by atoms with Crippen LogP contribution in [-0.2, 0) is 0 Å². The minimum absolute atomic E-state index is 0.541. The number of hydrogen-bond donors (Lipinski definition) is 0. The van der Waals surface area contributed by atoms with Crippen LogP contribution in [-0.4, -0.2) is 14.1 Å². The fourth-order valence-corrected chi connectivity index (χ4v) is 8.16. The van der Waals surface area contributed by atoms with Gasteiger partial charge in [0.15, 0.2) is 0 Å². The molecule has 0 spiro atoms. The maximum atomic E-state index is 9.87. The summed E-state index contributed by atoms with van der Waals surface area (Å²) in [4.78, 5) is 5.48. The molecular weight excluding hydrogens is 685 g/mol. The second-order valence-corrected chi connectivity index (χ2v) is 13.7. The fraction of sp³-hybridized carbons (Fsp3) is 0. The summed E-state index contributed by atoms with van der Waals surface area (Å²) in [5.41, 5.74) is 11.6. The lowest BCUT2D eigenvalue weighted by atomic mass is 9.89. The van der Waals surface area contributed by atoms with Crippen LogP contribution in [0.1, 0.15) is 16.7 Å². The van der Waals surface area contributed by atoms with E-state index in [0.29, 0.717) is 22.5 Å². The second-order valence-electron chi connectivity index (χ2n) is 13.7. The normalized spacial score (nSPS) is 11.2. The van der Waals surface area contributed by atoms with Crippen molar-refractivity contribution in [3.63, 3.8) is 0 Å². The van der Waals surface area contributed by atoms with Crippen LogP contribution in [0.3, 0.4) is 0 Å². The van der Waals surface area contributed by atoms with Crippen molar-refractivity contribution in [1.29, 1.82) is 15.8 Å². The van der Waals surface area contributed by atoms with Crippen LogP contribution in [0.5, 0.6) is 0 Å². The summed E-state index contributed by atoms with van der Waals surface area (Å²) >= 11 is 0. The van der Waals surface area contributed by atoms with Gasteiger partial charge in [0, 0.05) is 21.5 Å². The van der Waals surface area contributed by atoms with E-state index in [1.165, 1.54) is 0 Å². The first-order valence-electron chi connectivity index (χ1n) is 18.2. The molecule has 56 heavy (non-hydrogen) atoms. The molecule has 0 radical (unpaired) electrons. The van der Waals surface area contributed by atoms with Gasteiger partial charge >= 0.3 is 0 Å². The van der Waals surface area contributed by atoms with Gasteiger partial charge in [-0.15, -0.1) is 0 Å². The first-order valence-corrected chi connectivity index (χ1v) is 18.2. The van der Waals surface area contributed by atoms with Gasteiger partial charge in [-0.1, -0.05) is 97.1 Å². The molecule has 0 atom stereocenters. The summed E-state index contributed by atoms with van der Waals surface area (Å²) in [5, 5.41) is 33.5. The molecule has 10 rings (SSSR count). The summed E-state index contributed by atoms with van der Waals surface area (Å²) in [6.45, 7) is 0. The monoisotopic (exact) mass is 712 g/mol. The molecular formula is C50H28N6. The molecule has 0 amide bonds. The minimum atomic E-state index is 0.541. The smallest absolute Gasteiger partial charge is 0.140 e. The first-order chi connectivity index (χ1) is 27.6. The molecule has 3 heterocycles. The molecule has 0 fully saturated rings. The number of rotatable bonds is 5. The molecule has 7 aromatic carbocycles. The van der Waals surface area contributed by atoms with E-state index in [9.17, 15) is 15.8 Å². The highest BCUT2D eigenvalue weighted by Gasteiger charge is 2.21. The lowest BCUT2D eigenvalue weighted by Crippen LogP contribution is -2.04. The van der Waals surface area contributed by atoms with E-state index in [2.05, 4.69) is 124 Å². The maximum absolute atomic E-state index is 9.87. The quantitative estimate of drug-likeness (QED) is 0.177. The molecule has 10 aromatic rings. The van der Waals surface area contributed by atoms with Crippen molar-refractivity contribution in [2.75, 3.05) is 0 Å². The van der Waals surface area contributed by atoms with Crippen LogP contribution in [0.4, 0.5) is 0 Å². The van der Waals surface area contributed by atoms with Crippen molar-refractivity contribution in [3.05, 3.63) is 187 Å². The van der Waals surface area contributed by atoms with E-state index in [0.717, 1.165) is 82.8 Å². The molecule has 3 aromatic heterocycles. The van der Waals surface area contributed by atoms with Crippen LogP contribution in [0.15, 0.2) is 170 Å². The highest BCUT2D eigenvalue weighted by atomic mass is 15.1. The first kappa shape index (κ1) is 32.4. The van der Waals surface area contributed by atoms with E-state index < -0.39 is 0 Å². The second kappa shape index (κ2) is 13.0. The van der Waals surface area contributed by atoms with Crippen LogP contribution >= 0.6 is 0 Å². The number of hydrogen-bond acceptors (Lipinski definition) is 4. The number of pyridine rings is 1. The molecule has 6 heteroatoms. The van der Waals surface area contributed by atoms with Gasteiger partial charge in [0.1, 0.15) is 11.6 Å². The van der Waals surface area contributed by atoms with Gasteiger partial charge in [-0.05, 0) is 106 Å². The molecule has 0 bridgehead atoms. The molecule has 0 aliphatic rings. The third-order valence-electron chi connectivity index (χ3n) is 10.6. The highest BCUT2D eigenvalue weighted by Crippen LogP contribution is 2.41. The predicted molar refractivity (Wildman–Crippen MR) is 223 cm³/mol. The summed E-state index contributed by atoms with van der Waals surface area (Å²) in [5.74, 6) is 1.44. The highest BCUT2D eigenvalue weighted by molar-refractivity contribution is 6.11. The van der Waals surface area contributed by atoms with Crippen molar-refractivity contribution < 1.29 is 0 Å². The standard InChI is InChI=1S/C50H28N6/c51-29-32-10-9-11-35(24-32)37-12-1-3-14-39(37)40-15-4-2-13-38(40)36-27-49(55-45-18-7-5-16-41(45)42-17-6-8-19-46(42)55)54-50(28-36)56-47-22-20-33(30-52)25-43(47)44-26-34(31-53)21-23-48(44)56/h1-28H. The number of aromatic nitrogens is 3. The largest absolute Gasteiger partial charge is 0.294 e. The Kier molecular flexibility index (Phi) is 7.53. The summed E-state index contributed by atoms with van der Waals surface area (Å²) in [7, 11) is 0. The number of nitrogens with zero attached hydrogens (tertiary/aromatic N) is 6. The zero-order valence-corrected chi connectivity index (χ0v) is 29.8. The molecule has 0 unspecified atom stereocenters. The van der Waals surface area contributed by atoms with E-state index >= 15 is 0 Å².